The van der Waals surface area contributed by atoms with Crippen molar-refractivity contribution in [2.45, 2.75) is 6.92 Å². The summed E-state index contributed by atoms with van der Waals surface area (Å²) in [7, 11) is 1.45. The van der Waals surface area contributed by atoms with E-state index in [0.29, 0.717) is 21.7 Å². The van der Waals surface area contributed by atoms with Gasteiger partial charge in [0.05, 0.1) is 16.0 Å². The number of hydrogen-bond acceptors (Lipinski definition) is 6. The van der Waals surface area contributed by atoms with Gasteiger partial charge in [-0.1, -0.05) is 6.07 Å². The van der Waals surface area contributed by atoms with E-state index >= 15 is 0 Å². The van der Waals surface area contributed by atoms with E-state index < -0.39 is 5.97 Å². The van der Waals surface area contributed by atoms with Crippen LogP contribution in [0.3, 0.4) is 0 Å². The smallest absolute Gasteiger partial charge is 0.344 e. The van der Waals surface area contributed by atoms with Crippen molar-refractivity contribution in [3.63, 3.8) is 0 Å². The third kappa shape index (κ3) is 4.35. The van der Waals surface area contributed by atoms with Crippen LogP contribution in [0, 0.1) is 0 Å². The van der Waals surface area contributed by atoms with Gasteiger partial charge in [-0.25, -0.2) is 4.79 Å². The summed E-state index contributed by atoms with van der Waals surface area (Å²) in [6, 6.07) is 5.14. The second-order valence-electron chi connectivity index (χ2n) is 4.52. The number of benzene rings is 1. The van der Waals surface area contributed by atoms with Crippen LogP contribution in [0.4, 0.5) is 4.79 Å². The number of rotatable bonds is 5. The van der Waals surface area contributed by atoms with Crippen molar-refractivity contribution in [2.75, 3.05) is 20.3 Å². The van der Waals surface area contributed by atoms with Crippen LogP contribution in [-0.2, 0) is 14.3 Å². The highest BCUT2D eigenvalue weighted by Crippen LogP contribution is 2.33. The summed E-state index contributed by atoms with van der Waals surface area (Å²) in [6.07, 6.45) is 1.63. The van der Waals surface area contributed by atoms with E-state index in [9.17, 15) is 14.4 Å². The van der Waals surface area contributed by atoms with Gasteiger partial charge in [-0.2, -0.15) is 0 Å². The molecule has 2 amide bonds. The van der Waals surface area contributed by atoms with Crippen molar-refractivity contribution in [1.82, 2.24) is 4.90 Å². The highest BCUT2D eigenvalue weighted by Gasteiger charge is 2.31. The van der Waals surface area contributed by atoms with Crippen LogP contribution in [0.15, 0.2) is 27.6 Å². The van der Waals surface area contributed by atoms with Crippen molar-refractivity contribution in [1.29, 1.82) is 0 Å². The molecule has 1 aliphatic rings. The first-order chi connectivity index (χ1) is 10.9. The number of esters is 1. The monoisotopic (exact) mass is 399 g/mol. The molecule has 0 atom stereocenters. The van der Waals surface area contributed by atoms with E-state index in [1.165, 1.54) is 7.05 Å². The zero-order valence-electron chi connectivity index (χ0n) is 12.5. The Labute approximate surface area is 145 Å². The highest BCUT2D eigenvalue weighted by molar-refractivity contribution is 9.10. The summed E-state index contributed by atoms with van der Waals surface area (Å²) in [5, 5.41) is -0.297. The molecule has 0 radical (unpaired) electrons. The van der Waals surface area contributed by atoms with E-state index in [1.54, 1.807) is 31.2 Å². The Balaban J connectivity index is 2.09. The number of carbonyl (C=O) groups excluding carboxylic acids is 3. The second-order valence-corrected chi connectivity index (χ2v) is 6.37. The van der Waals surface area contributed by atoms with Crippen LogP contribution in [0.2, 0.25) is 0 Å². The van der Waals surface area contributed by atoms with Crippen LogP contribution in [0.5, 0.6) is 5.75 Å². The summed E-state index contributed by atoms with van der Waals surface area (Å²) in [4.78, 5) is 36.0. The van der Waals surface area contributed by atoms with E-state index in [-0.39, 0.29) is 17.8 Å². The first kappa shape index (κ1) is 17.6. The lowest BCUT2D eigenvalue weighted by molar-refractivity contribution is -0.145. The van der Waals surface area contributed by atoms with E-state index in [1.807, 2.05) is 0 Å². The second kappa shape index (κ2) is 7.65. The summed E-state index contributed by atoms with van der Waals surface area (Å²) < 4.78 is 10.8. The van der Waals surface area contributed by atoms with Crippen LogP contribution >= 0.6 is 27.7 Å². The predicted molar refractivity (Wildman–Crippen MR) is 90.0 cm³/mol. The number of halogens is 1. The van der Waals surface area contributed by atoms with Crippen LogP contribution in [-0.4, -0.2) is 42.3 Å². The molecule has 2 rings (SSSR count). The molecular formula is C15H14BrNO5S. The number of carbonyl (C=O) groups is 3. The summed E-state index contributed by atoms with van der Waals surface area (Å²) in [5.74, 6) is -0.280. The minimum absolute atomic E-state index is 0.180. The predicted octanol–water partition coefficient (Wildman–Crippen LogP) is 3.06. The maximum atomic E-state index is 11.8. The number of imide groups is 1. The Morgan fingerprint density at radius 1 is 1.39 bits per heavy atom. The van der Waals surface area contributed by atoms with Gasteiger partial charge < -0.3 is 9.47 Å². The van der Waals surface area contributed by atoms with Crippen molar-refractivity contribution in [3.8, 4) is 5.75 Å². The Bertz CT molecular complexity index is 688. The zero-order valence-corrected chi connectivity index (χ0v) is 14.9. The lowest BCUT2D eigenvalue weighted by Crippen LogP contribution is -2.22. The fourth-order valence-corrected chi connectivity index (χ4v) is 3.10. The molecule has 0 aromatic heterocycles. The van der Waals surface area contributed by atoms with Crippen LogP contribution in [0.25, 0.3) is 6.08 Å². The van der Waals surface area contributed by atoms with Gasteiger partial charge in [0.15, 0.2) is 6.61 Å². The molecule has 0 bridgehead atoms. The fraction of sp³-hybridized carbons (Fsp3) is 0.267. The third-order valence-electron chi connectivity index (χ3n) is 2.89. The van der Waals surface area contributed by atoms with Crippen molar-refractivity contribution in [3.05, 3.63) is 33.1 Å². The Morgan fingerprint density at radius 3 is 2.70 bits per heavy atom. The summed E-state index contributed by atoms with van der Waals surface area (Å²) in [5.41, 5.74) is 0.735. The number of amides is 2. The Morgan fingerprint density at radius 2 is 2.13 bits per heavy atom. The minimum Gasteiger partial charge on any atom is -0.481 e. The Kier molecular flexibility index (Phi) is 5.84. The Hall–Kier alpha value is -1.80. The molecule has 1 aromatic carbocycles. The van der Waals surface area contributed by atoms with E-state index in [4.69, 9.17) is 9.47 Å². The largest absolute Gasteiger partial charge is 0.481 e. The molecule has 1 aromatic rings. The van der Waals surface area contributed by atoms with Gasteiger partial charge in [-0.3, -0.25) is 14.5 Å². The van der Waals surface area contributed by atoms with Crippen molar-refractivity contribution >= 4 is 50.9 Å². The molecule has 0 N–H and O–H groups in total. The zero-order chi connectivity index (χ0) is 17.0. The number of thioether (sulfide) groups is 1. The van der Waals surface area contributed by atoms with Crippen LogP contribution in [0.1, 0.15) is 12.5 Å². The number of likely N-dealkylation sites (N-methyl/N-ethyl adjacent to an activating group) is 1. The van der Waals surface area contributed by atoms with Crippen molar-refractivity contribution < 1.29 is 23.9 Å². The summed E-state index contributed by atoms with van der Waals surface area (Å²) in [6.45, 7) is 1.84. The van der Waals surface area contributed by atoms with Gasteiger partial charge in [0.1, 0.15) is 5.75 Å². The van der Waals surface area contributed by atoms with E-state index in [2.05, 4.69) is 15.9 Å². The molecule has 1 fully saturated rings. The maximum Gasteiger partial charge on any atom is 0.344 e. The molecule has 1 heterocycles. The molecule has 8 heteroatoms. The van der Waals surface area contributed by atoms with E-state index in [0.717, 1.165) is 22.2 Å². The SMILES string of the molecule is CCOC(=O)COc1ccc(/C=C2/SC(=O)N(C)C2=O)cc1Br. The molecule has 1 saturated heterocycles. The molecule has 6 nitrogen and oxygen atoms in total. The van der Waals surface area contributed by atoms with Crippen molar-refractivity contribution in [2.24, 2.45) is 0 Å². The average Bonchev–Trinajstić information content (AvgIpc) is 2.74. The standard InChI is InChI=1S/C15H14BrNO5S/c1-3-21-13(18)8-22-11-5-4-9(6-10(11)16)7-12-14(19)17(2)15(20)23-12/h4-7H,3,8H2,1-2H3/b12-7+. The van der Waals surface area contributed by atoms with Gasteiger partial charge in [-0.15, -0.1) is 0 Å². The molecule has 0 saturated carbocycles. The summed E-state index contributed by atoms with van der Waals surface area (Å²) >= 11 is 4.25. The lowest BCUT2D eigenvalue weighted by atomic mass is 10.2. The van der Waals surface area contributed by atoms with Gasteiger partial charge in [0.25, 0.3) is 11.1 Å². The molecule has 0 aliphatic carbocycles. The van der Waals surface area contributed by atoms with Gasteiger partial charge >= 0.3 is 5.97 Å². The van der Waals surface area contributed by atoms with Crippen LogP contribution < -0.4 is 4.74 Å². The fourth-order valence-electron chi connectivity index (χ4n) is 1.76. The number of nitrogens with zero attached hydrogens (tertiary/aromatic N) is 1. The molecule has 0 spiro atoms. The number of ether oxygens (including phenoxy) is 2. The average molecular weight is 400 g/mol. The number of hydrogen-bond donors (Lipinski definition) is 0. The topological polar surface area (TPSA) is 72.9 Å². The first-order valence-corrected chi connectivity index (χ1v) is 8.33. The molecule has 23 heavy (non-hydrogen) atoms. The molecule has 122 valence electrons. The lowest BCUT2D eigenvalue weighted by Gasteiger charge is -2.08. The van der Waals surface area contributed by atoms with Gasteiger partial charge in [0.2, 0.25) is 0 Å². The molecule has 1 aliphatic heterocycles. The quantitative estimate of drug-likeness (QED) is 0.559. The maximum absolute atomic E-state index is 11.8. The third-order valence-corrected chi connectivity index (χ3v) is 4.47. The molecular weight excluding hydrogens is 386 g/mol. The minimum atomic E-state index is -0.444. The van der Waals surface area contributed by atoms with Gasteiger partial charge in [-0.05, 0) is 58.4 Å². The van der Waals surface area contributed by atoms with Gasteiger partial charge in [0, 0.05) is 7.05 Å². The highest BCUT2D eigenvalue weighted by atomic mass is 79.9. The normalized spacial score (nSPS) is 16.1. The first-order valence-electron chi connectivity index (χ1n) is 6.72. The molecule has 0 unspecified atom stereocenters.